The van der Waals surface area contributed by atoms with Gasteiger partial charge in [0.05, 0.1) is 6.42 Å². The molecule has 0 saturated heterocycles. The van der Waals surface area contributed by atoms with Gasteiger partial charge in [0.1, 0.15) is 0 Å². The molecule has 0 saturated carbocycles. The SMILES string of the molecule is CCCCCC=CCCC(=O)ONCC(C)C. The number of carbonyl (C=O) groups is 1. The second-order valence-electron chi connectivity index (χ2n) is 4.72. The second-order valence-corrected chi connectivity index (χ2v) is 4.72. The van der Waals surface area contributed by atoms with Crippen LogP contribution in [-0.2, 0) is 9.63 Å². The summed E-state index contributed by atoms with van der Waals surface area (Å²) < 4.78 is 0. The van der Waals surface area contributed by atoms with Gasteiger partial charge in [-0.3, -0.25) is 4.79 Å². The molecule has 0 aliphatic rings. The lowest BCUT2D eigenvalue weighted by Gasteiger charge is -2.06. The number of hydrogen-bond acceptors (Lipinski definition) is 3. The summed E-state index contributed by atoms with van der Waals surface area (Å²) in [6.07, 6.45) is 10.3. The van der Waals surface area contributed by atoms with Crippen molar-refractivity contribution in [3.05, 3.63) is 12.2 Å². The fourth-order valence-electron chi connectivity index (χ4n) is 1.29. The fraction of sp³-hybridized carbons (Fsp3) is 0.786. The van der Waals surface area contributed by atoms with Gasteiger partial charge in [0.2, 0.25) is 0 Å². The molecule has 3 heteroatoms. The van der Waals surface area contributed by atoms with Gasteiger partial charge in [0.25, 0.3) is 0 Å². The number of unbranched alkanes of at least 4 members (excludes halogenated alkanes) is 3. The Kier molecular flexibility index (Phi) is 11.1. The highest BCUT2D eigenvalue weighted by atomic mass is 16.7. The summed E-state index contributed by atoms with van der Waals surface area (Å²) in [5.41, 5.74) is 2.68. The van der Waals surface area contributed by atoms with Gasteiger partial charge in [-0.15, -0.1) is 0 Å². The molecule has 0 amide bonds. The molecule has 0 rings (SSSR count). The maximum atomic E-state index is 11.2. The normalized spacial score (nSPS) is 11.3. The molecule has 100 valence electrons. The number of hydroxylamine groups is 1. The quantitative estimate of drug-likeness (QED) is 0.361. The Bertz CT molecular complexity index is 212. The van der Waals surface area contributed by atoms with Crippen LogP contribution in [0.5, 0.6) is 0 Å². The Hall–Kier alpha value is -0.830. The molecule has 0 radical (unpaired) electrons. The van der Waals surface area contributed by atoms with E-state index in [1.54, 1.807) is 0 Å². The highest BCUT2D eigenvalue weighted by molar-refractivity contribution is 5.69. The van der Waals surface area contributed by atoms with E-state index in [4.69, 9.17) is 4.84 Å². The molecule has 0 aliphatic carbocycles. The first-order valence-electron chi connectivity index (χ1n) is 6.74. The minimum absolute atomic E-state index is 0.177. The average Bonchev–Trinajstić information content (AvgIpc) is 2.27. The maximum Gasteiger partial charge on any atom is 0.325 e. The zero-order chi connectivity index (χ0) is 12.9. The predicted molar refractivity (Wildman–Crippen MR) is 71.4 cm³/mol. The van der Waals surface area contributed by atoms with Gasteiger partial charge in [0, 0.05) is 6.54 Å². The summed E-state index contributed by atoms with van der Waals surface area (Å²) in [5, 5.41) is 0. The predicted octanol–water partition coefficient (Wildman–Crippen LogP) is 3.61. The molecule has 0 aromatic carbocycles. The van der Waals surface area contributed by atoms with E-state index < -0.39 is 0 Å². The largest absolute Gasteiger partial charge is 0.371 e. The standard InChI is InChI=1S/C14H27NO2/c1-4-5-6-7-8-9-10-11-14(16)17-15-12-13(2)3/h8-9,13,15H,4-7,10-12H2,1-3H3. The van der Waals surface area contributed by atoms with E-state index in [0.717, 1.165) is 12.8 Å². The van der Waals surface area contributed by atoms with E-state index >= 15 is 0 Å². The topological polar surface area (TPSA) is 38.3 Å². The van der Waals surface area contributed by atoms with Crippen molar-refractivity contribution in [1.29, 1.82) is 0 Å². The lowest BCUT2D eigenvalue weighted by Crippen LogP contribution is -2.23. The van der Waals surface area contributed by atoms with Crippen molar-refractivity contribution in [3.8, 4) is 0 Å². The van der Waals surface area contributed by atoms with E-state index in [-0.39, 0.29) is 5.97 Å². The van der Waals surface area contributed by atoms with Crippen LogP contribution in [0.1, 0.15) is 59.3 Å². The van der Waals surface area contributed by atoms with Crippen LogP contribution >= 0.6 is 0 Å². The molecule has 0 spiro atoms. The summed E-state index contributed by atoms with van der Waals surface area (Å²) in [6, 6.07) is 0. The molecular weight excluding hydrogens is 214 g/mol. The Morgan fingerprint density at radius 1 is 1.24 bits per heavy atom. The Morgan fingerprint density at radius 3 is 2.59 bits per heavy atom. The molecule has 0 heterocycles. The first kappa shape index (κ1) is 16.2. The lowest BCUT2D eigenvalue weighted by atomic mass is 10.2. The molecule has 0 fully saturated rings. The van der Waals surface area contributed by atoms with Gasteiger partial charge in [-0.1, -0.05) is 45.8 Å². The van der Waals surface area contributed by atoms with Gasteiger partial charge in [-0.05, 0) is 25.2 Å². The number of carbonyl (C=O) groups excluding carboxylic acids is 1. The third-order valence-electron chi connectivity index (χ3n) is 2.33. The van der Waals surface area contributed by atoms with E-state index in [2.05, 4.69) is 38.4 Å². The van der Waals surface area contributed by atoms with Crippen molar-refractivity contribution >= 4 is 5.97 Å². The van der Waals surface area contributed by atoms with Crippen LogP contribution in [0.15, 0.2) is 12.2 Å². The number of allylic oxidation sites excluding steroid dienone is 2. The summed E-state index contributed by atoms with van der Waals surface area (Å²) in [5.74, 6) is 0.310. The smallest absolute Gasteiger partial charge is 0.325 e. The fourth-order valence-corrected chi connectivity index (χ4v) is 1.29. The Morgan fingerprint density at radius 2 is 1.94 bits per heavy atom. The third kappa shape index (κ3) is 13.1. The molecule has 0 unspecified atom stereocenters. The molecule has 3 nitrogen and oxygen atoms in total. The number of rotatable bonds is 10. The molecule has 0 aromatic rings. The van der Waals surface area contributed by atoms with Crippen LogP contribution in [0.3, 0.4) is 0 Å². The van der Waals surface area contributed by atoms with Crippen molar-refractivity contribution in [2.24, 2.45) is 5.92 Å². The monoisotopic (exact) mass is 241 g/mol. The summed E-state index contributed by atoms with van der Waals surface area (Å²) in [6.45, 7) is 7.04. The minimum Gasteiger partial charge on any atom is -0.371 e. The van der Waals surface area contributed by atoms with E-state index in [1.165, 1.54) is 19.3 Å². The van der Waals surface area contributed by atoms with Crippen molar-refractivity contribution in [1.82, 2.24) is 5.48 Å². The van der Waals surface area contributed by atoms with Crippen LogP contribution in [0.4, 0.5) is 0 Å². The van der Waals surface area contributed by atoms with E-state index in [1.807, 2.05) is 0 Å². The average molecular weight is 241 g/mol. The molecule has 0 aliphatic heterocycles. The summed E-state index contributed by atoms with van der Waals surface area (Å²) in [7, 11) is 0. The number of hydrogen-bond donors (Lipinski definition) is 1. The van der Waals surface area contributed by atoms with Gasteiger partial charge >= 0.3 is 5.97 Å². The van der Waals surface area contributed by atoms with Crippen LogP contribution in [-0.4, -0.2) is 12.5 Å². The Labute approximate surface area is 106 Å². The van der Waals surface area contributed by atoms with E-state index in [0.29, 0.717) is 18.9 Å². The first-order valence-corrected chi connectivity index (χ1v) is 6.74. The summed E-state index contributed by atoms with van der Waals surface area (Å²) in [4.78, 5) is 16.1. The number of nitrogens with one attached hydrogen (secondary N) is 1. The van der Waals surface area contributed by atoms with Crippen molar-refractivity contribution in [3.63, 3.8) is 0 Å². The molecule has 0 aromatic heterocycles. The molecule has 0 atom stereocenters. The van der Waals surface area contributed by atoms with Gasteiger partial charge < -0.3 is 4.84 Å². The third-order valence-corrected chi connectivity index (χ3v) is 2.33. The Balaban J connectivity index is 3.32. The molecular formula is C14H27NO2. The molecule has 1 N–H and O–H groups in total. The van der Waals surface area contributed by atoms with Crippen molar-refractivity contribution < 1.29 is 9.63 Å². The van der Waals surface area contributed by atoms with Gasteiger partial charge in [-0.2, -0.15) is 5.48 Å². The zero-order valence-corrected chi connectivity index (χ0v) is 11.5. The minimum atomic E-state index is -0.177. The van der Waals surface area contributed by atoms with Crippen LogP contribution in [0.25, 0.3) is 0 Å². The van der Waals surface area contributed by atoms with Crippen LogP contribution in [0.2, 0.25) is 0 Å². The van der Waals surface area contributed by atoms with Crippen molar-refractivity contribution in [2.75, 3.05) is 6.54 Å². The van der Waals surface area contributed by atoms with Gasteiger partial charge in [-0.25, -0.2) is 0 Å². The highest BCUT2D eigenvalue weighted by Crippen LogP contribution is 2.01. The molecule has 0 bridgehead atoms. The zero-order valence-electron chi connectivity index (χ0n) is 11.5. The van der Waals surface area contributed by atoms with E-state index in [9.17, 15) is 4.79 Å². The van der Waals surface area contributed by atoms with Crippen LogP contribution < -0.4 is 5.48 Å². The van der Waals surface area contributed by atoms with Crippen molar-refractivity contribution in [2.45, 2.75) is 59.3 Å². The van der Waals surface area contributed by atoms with Crippen LogP contribution in [0, 0.1) is 5.92 Å². The molecule has 17 heavy (non-hydrogen) atoms. The second kappa shape index (κ2) is 11.6. The maximum absolute atomic E-state index is 11.2. The summed E-state index contributed by atoms with van der Waals surface area (Å²) >= 11 is 0. The highest BCUT2D eigenvalue weighted by Gasteiger charge is 2.01. The lowest BCUT2D eigenvalue weighted by molar-refractivity contribution is -0.151. The first-order chi connectivity index (χ1) is 8.16. The van der Waals surface area contributed by atoms with Gasteiger partial charge in [0.15, 0.2) is 0 Å².